The lowest BCUT2D eigenvalue weighted by Gasteiger charge is -2.31. The third-order valence-electron chi connectivity index (χ3n) is 2.49. The van der Waals surface area contributed by atoms with Crippen molar-refractivity contribution in [1.29, 1.82) is 0 Å². The molecule has 1 aliphatic rings. The molecule has 2 heterocycles. The topological polar surface area (TPSA) is 37.4 Å². The first-order valence-corrected chi connectivity index (χ1v) is 9.55. The number of hydrogen-bond donors (Lipinski definition) is 0. The van der Waals surface area contributed by atoms with Crippen LogP contribution in [0.4, 0.5) is 0 Å². The summed E-state index contributed by atoms with van der Waals surface area (Å²) in [6, 6.07) is 1.55. The van der Waals surface area contributed by atoms with Crippen LogP contribution in [0.15, 0.2) is 14.1 Å². The van der Waals surface area contributed by atoms with Gasteiger partial charge in [-0.15, -0.1) is 11.3 Å². The molecule has 17 heavy (non-hydrogen) atoms. The summed E-state index contributed by atoms with van der Waals surface area (Å²) in [5.74, 6) is 1.70. The van der Waals surface area contributed by atoms with Gasteiger partial charge in [0.2, 0.25) is 0 Å². The van der Waals surface area contributed by atoms with Crippen molar-refractivity contribution in [3.05, 3.63) is 14.9 Å². The molecule has 0 spiro atoms. The van der Waals surface area contributed by atoms with Crippen molar-refractivity contribution in [2.75, 3.05) is 18.1 Å². The second-order valence-corrected chi connectivity index (χ2v) is 9.77. The summed E-state index contributed by atoms with van der Waals surface area (Å²) in [6.45, 7) is 2.51. The van der Waals surface area contributed by atoms with Gasteiger partial charge in [0.1, 0.15) is 4.21 Å². The minimum absolute atomic E-state index is 0.0402. The first-order valence-electron chi connectivity index (χ1n) is 4.97. The maximum Gasteiger partial charge on any atom is 0.252 e. The molecule has 0 amide bonds. The molecule has 0 saturated carbocycles. The molecule has 1 aliphatic heterocycles. The van der Waals surface area contributed by atoms with Crippen molar-refractivity contribution >= 4 is 60.7 Å². The van der Waals surface area contributed by atoms with Gasteiger partial charge in [0.15, 0.2) is 0 Å². The van der Waals surface area contributed by atoms with Crippen LogP contribution in [0.25, 0.3) is 0 Å². The molecule has 2 rings (SSSR count). The molecule has 96 valence electrons. The van der Waals surface area contributed by atoms with Crippen LogP contribution >= 0.6 is 50.6 Å². The van der Waals surface area contributed by atoms with Gasteiger partial charge >= 0.3 is 0 Å². The van der Waals surface area contributed by atoms with Gasteiger partial charge in [-0.3, -0.25) is 0 Å². The first-order chi connectivity index (χ1) is 7.93. The van der Waals surface area contributed by atoms with Crippen LogP contribution in [0.5, 0.6) is 0 Å². The SMILES string of the molecule is CC1CSCCN1S(=O)(=O)c1cc(Cl)c(Br)s1. The van der Waals surface area contributed by atoms with E-state index in [1.165, 1.54) is 17.4 Å². The second kappa shape index (κ2) is 5.38. The molecule has 1 unspecified atom stereocenters. The van der Waals surface area contributed by atoms with Crippen LogP contribution in [0, 0.1) is 0 Å². The molecule has 1 aromatic heterocycles. The van der Waals surface area contributed by atoms with Gasteiger partial charge in [0.25, 0.3) is 10.0 Å². The van der Waals surface area contributed by atoms with Gasteiger partial charge in [0.05, 0.1) is 8.81 Å². The molecule has 0 bridgehead atoms. The number of hydrogen-bond acceptors (Lipinski definition) is 4. The van der Waals surface area contributed by atoms with E-state index in [1.807, 2.05) is 6.92 Å². The minimum atomic E-state index is -3.39. The third kappa shape index (κ3) is 2.84. The number of sulfonamides is 1. The highest BCUT2D eigenvalue weighted by atomic mass is 79.9. The lowest BCUT2D eigenvalue weighted by Crippen LogP contribution is -2.44. The van der Waals surface area contributed by atoms with Crippen molar-refractivity contribution in [3.8, 4) is 0 Å². The van der Waals surface area contributed by atoms with Gasteiger partial charge in [-0.05, 0) is 28.9 Å². The fourth-order valence-corrected chi connectivity index (χ4v) is 7.02. The van der Waals surface area contributed by atoms with E-state index in [-0.39, 0.29) is 6.04 Å². The Kier molecular flexibility index (Phi) is 4.48. The predicted octanol–water partition coefficient (Wildman–Crippen LogP) is 3.29. The Balaban J connectivity index is 2.35. The van der Waals surface area contributed by atoms with Crippen LogP contribution in [-0.4, -0.2) is 36.8 Å². The largest absolute Gasteiger partial charge is 0.252 e. The number of halogens is 2. The molecule has 0 N–H and O–H groups in total. The smallest absolute Gasteiger partial charge is 0.206 e. The zero-order valence-electron chi connectivity index (χ0n) is 9.02. The summed E-state index contributed by atoms with van der Waals surface area (Å²) < 4.78 is 27.4. The van der Waals surface area contributed by atoms with Gasteiger partial charge in [0, 0.05) is 24.1 Å². The van der Waals surface area contributed by atoms with Crippen molar-refractivity contribution in [2.45, 2.75) is 17.2 Å². The number of nitrogens with zero attached hydrogens (tertiary/aromatic N) is 1. The number of thioether (sulfide) groups is 1. The molecule has 1 aromatic rings. The van der Waals surface area contributed by atoms with Gasteiger partial charge in [-0.25, -0.2) is 8.42 Å². The molecule has 1 saturated heterocycles. The average Bonchev–Trinajstić information content (AvgIpc) is 2.60. The van der Waals surface area contributed by atoms with Crippen molar-refractivity contribution in [2.24, 2.45) is 0 Å². The van der Waals surface area contributed by atoms with Gasteiger partial charge in [-0.2, -0.15) is 16.1 Å². The fraction of sp³-hybridized carbons (Fsp3) is 0.556. The summed E-state index contributed by atoms with van der Waals surface area (Å²) in [6.07, 6.45) is 0. The van der Waals surface area contributed by atoms with Crippen molar-refractivity contribution < 1.29 is 8.42 Å². The fourth-order valence-electron chi connectivity index (χ4n) is 1.64. The Morgan fingerprint density at radius 2 is 2.29 bits per heavy atom. The van der Waals surface area contributed by atoms with E-state index >= 15 is 0 Å². The minimum Gasteiger partial charge on any atom is -0.206 e. The summed E-state index contributed by atoms with van der Waals surface area (Å²) >= 11 is 12.1. The summed E-state index contributed by atoms with van der Waals surface area (Å²) in [7, 11) is -3.39. The van der Waals surface area contributed by atoms with E-state index in [0.717, 1.165) is 11.5 Å². The van der Waals surface area contributed by atoms with Gasteiger partial charge < -0.3 is 0 Å². The molecule has 3 nitrogen and oxygen atoms in total. The Hall–Kier alpha value is 0.730. The van der Waals surface area contributed by atoms with Crippen LogP contribution in [0.3, 0.4) is 0 Å². The Bertz CT molecular complexity index is 497. The molecular formula is C9H11BrClNO2S3. The molecule has 1 atom stereocenters. The zero-order chi connectivity index (χ0) is 12.6. The summed E-state index contributed by atoms with van der Waals surface area (Å²) in [5.41, 5.74) is 0. The van der Waals surface area contributed by atoms with Crippen LogP contribution in [0.1, 0.15) is 6.92 Å². The average molecular weight is 377 g/mol. The quantitative estimate of drug-likeness (QED) is 0.795. The zero-order valence-corrected chi connectivity index (χ0v) is 13.8. The van der Waals surface area contributed by atoms with Gasteiger partial charge in [-0.1, -0.05) is 11.6 Å². The van der Waals surface area contributed by atoms with E-state index in [0.29, 0.717) is 19.6 Å². The Morgan fingerprint density at radius 3 is 2.82 bits per heavy atom. The maximum atomic E-state index is 12.4. The summed E-state index contributed by atoms with van der Waals surface area (Å²) in [4.78, 5) is 0. The first kappa shape index (κ1) is 14.1. The van der Waals surface area contributed by atoms with E-state index in [1.54, 1.807) is 16.1 Å². The molecule has 1 fully saturated rings. The van der Waals surface area contributed by atoms with Crippen LogP contribution < -0.4 is 0 Å². The van der Waals surface area contributed by atoms with Crippen molar-refractivity contribution in [3.63, 3.8) is 0 Å². The van der Waals surface area contributed by atoms with Crippen molar-refractivity contribution in [1.82, 2.24) is 4.31 Å². The van der Waals surface area contributed by atoms with E-state index in [4.69, 9.17) is 11.6 Å². The molecule has 8 heteroatoms. The van der Waals surface area contributed by atoms with E-state index < -0.39 is 10.0 Å². The molecule has 0 aromatic carbocycles. The number of rotatable bonds is 2. The van der Waals surface area contributed by atoms with E-state index in [9.17, 15) is 8.42 Å². The predicted molar refractivity (Wildman–Crippen MR) is 77.7 cm³/mol. The highest BCUT2D eigenvalue weighted by molar-refractivity contribution is 9.11. The summed E-state index contributed by atoms with van der Waals surface area (Å²) in [5, 5.41) is 0.451. The molecular weight excluding hydrogens is 366 g/mol. The van der Waals surface area contributed by atoms with Crippen LogP contribution in [-0.2, 0) is 10.0 Å². The second-order valence-electron chi connectivity index (χ2n) is 3.73. The highest BCUT2D eigenvalue weighted by Gasteiger charge is 2.32. The third-order valence-corrected chi connectivity index (χ3v) is 8.62. The molecule has 0 aliphatic carbocycles. The standard InChI is InChI=1S/C9H11BrClNO2S3/c1-6-5-15-3-2-12(6)17(13,14)8-4-7(11)9(10)16-8/h4,6H,2-3,5H2,1H3. The monoisotopic (exact) mass is 375 g/mol. The lowest BCUT2D eigenvalue weighted by molar-refractivity contribution is 0.368. The van der Waals surface area contributed by atoms with E-state index in [2.05, 4.69) is 15.9 Å². The lowest BCUT2D eigenvalue weighted by atomic mass is 10.4. The Labute approximate surface area is 123 Å². The number of thiophene rings is 1. The normalized spacial score (nSPS) is 22.9. The molecule has 0 radical (unpaired) electrons. The maximum absolute atomic E-state index is 12.4. The van der Waals surface area contributed by atoms with Crippen LogP contribution in [0.2, 0.25) is 5.02 Å². The highest BCUT2D eigenvalue weighted by Crippen LogP contribution is 2.37. The Morgan fingerprint density at radius 1 is 1.59 bits per heavy atom.